The van der Waals surface area contributed by atoms with Crippen LogP contribution in [0.3, 0.4) is 0 Å². The molecule has 7 nitrogen and oxygen atoms in total. The van der Waals surface area contributed by atoms with Crippen LogP contribution in [0, 0.1) is 29.6 Å². The summed E-state index contributed by atoms with van der Waals surface area (Å²) in [4.78, 5) is 23.7. The Morgan fingerprint density at radius 3 is 2.48 bits per heavy atom. The number of rotatable bonds is 5. The second-order valence-corrected chi connectivity index (χ2v) is 11.0. The number of fused-ring (bicyclic) bond motifs is 2. The average Bonchev–Trinajstić information content (AvgIpc) is 2.98. The van der Waals surface area contributed by atoms with Gasteiger partial charge in [-0.1, -0.05) is 39.8 Å². The van der Waals surface area contributed by atoms with Gasteiger partial charge in [-0.25, -0.2) is 9.78 Å². The van der Waals surface area contributed by atoms with Crippen LogP contribution in [-0.4, -0.2) is 35.0 Å². The molecule has 6 rings (SSSR count). The molecule has 1 saturated carbocycles. The Bertz CT molecular complexity index is 885. The van der Waals surface area contributed by atoms with E-state index in [1.54, 1.807) is 0 Å². The summed E-state index contributed by atoms with van der Waals surface area (Å²) in [6.45, 7) is 10.2. The molecule has 1 aliphatic carbocycles. The zero-order valence-corrected chi connectivity index (χ0v) is 20.2. The molecule has 1 aromatic carbocycles. The summed E-state index contributed by atoms with van der Waals surface area (Å²) in [5, 5.41) is 9.58. The topological polar surface area (TPSA) is 83.5 Å². The van der Waals surface area contributed by atoms with E-state index in [2.05, 4.69) is 13.8 Å². The van der Waals surface area contributed by atoms with Crippen LogP contribution in [0.1, 0.15) is 71.8 Å². The van der Waals surface area contributed by atoms with Gasteiger partial charge in [0, 0.05) is 18.3 Å². The summed E-state index contributed by atoms with van der Waals surface area (Å²) in [7, 11) is 0. The first-order valence-electron chi connectivity index (χ1n) is 12.3. The molecule has 1 N–H and O–H groups in total. The van der Waals surface area contributed by atoms with Crippen molar-refractivity contribution in [2.24, 2.45) is 29.6 Å². The van der Waals surface area contributed by atoms with E-state index in [-0.39, 0.29) is 17.8 Å². The first kappa shape index (κ1) is 23.1. The summed E-state index contributed by atoms with van der Waals surface area (Å²) in [6.07, 6.45) is 2.88. The van der Waals surface area contributed by atoms with Crippen molar-refractivity contribution in [1.29, 1.82) is 0 Å². The molecule has 0 radical (unpaired) electrons. The van der Waals surface area contributed by atoms with Gasteiger partial charge in [0.25, 0.3) is 0 Å². The van der Waals surface area contributed by atoms with Crippen molar-refractivity contribution in [2.45, 2.75) is 90.2 Å². The molecule has 2 bridgehead atoms. The molecule has 5 fully saturated rings. The van der Waals surface area contributed by atoms with Crippen molar-refractivity contribution in [3.05, 3.63) is 29.8 Å². The monoisotopic (exact) mass is 460 g/mol. The van der Waals surface area contributed by atoms with E-state index in [0.29, 0.717) is 17.6 Å². The Balaban J connectivity index is 1.39. The van der Waals surface area contributed by atoms with Crippen molar-refractivity contribution >= 4 is 5.97 Å². The Morgan fingerprint density at radius 2 is 1.82 bits per heavy atom. The van der Waals surface area contributed by atoms with Crippen molar-refractivity contribution in [3.63, 3.8) is 0 Å². The molecule has 1 spiro atoms. The number of carboxylic acid groups (broad SMARTS) is 1. The van der Waals surface area contributed by atoms with Gasteiger partial charge < -0.3 is 19.3 Å². The molecule has 0 aromatic heterocycles. The van der Waals surface area contributed by atoms with Gasteiger partial charge in [0.15, 0.2) is 11.9 Å². The predicted molar refractivity (Wildman–Crippen MR) is 119 cm³/mol. The molecule has 7 heteroatoms. The number of carboxylic acids is 1. The average molecular weight is 461 g/mol. The van der Waals surface area contributed by atoms with Gasteiger partial charge in [-0.15, -0.1) is 0 Å². The molecule has 1 aromatic rings. The maximum atomic E-state index is 11.7. The number of carbonyl (C=O) groups is 1. The Labute approximate surface area is 195 Å². The lowest BCUT2D eigenvalue weighted by atomic mass is 9.58. The third-order valence-electron chi connectivity index (χ3n) is 8.52. The van der Waals surface area contributed by atoms with Gasteiger partial charge in [-0.3, -0.25) is 4.79 Å². The van der Waals surface area contributed by atoms with Crippen LogP contribution in [-0.2, 0) is 24.0 Å². The third-order valence-corrected chi connectivity index (χ3v) is 8.52. The Kier molecular flexibility index (Phi) is 5.75. The fraction of sp³-hybridized carbons (Fsp3) is 0.731. The van der Waals surface area contributed by atoms with Crippen LogP contribution in [0.2, 0.25) is 0 Å². The third kappa shape index (κ3) is 3.68. The Hall–Kier alpha value is -1.67. The molecular weight excluding hydrogens is 424 g/mol. The normalized spacial score (nSPS) is 43.0. The largest absolute Gasteiger partial charge is 0.481 e. The molecule has 4 aliphatic heterocycles. The van der Waals surface area contributed by atoms with E-state index in [9.17, 15) is 9.90 Å². The van der Waals surface area contributed by atoms with E-state index < -0.39 is 35.9 Å². The van der Waals surface area contributed by atoms with E-state index in [1.165, 1.54) is 0 Å². The minimum absolute atomic E-state index is 0.000174. The molecule has 0 amide bonds. The molecule has 182 valence electrons. The predicted octanol–water partition coefficient (Wildman–Crippen LogP) is 5.10. The van der Waals surface area contributed by atoms with Gasteiger partial charge >= 0.3 is 5.97 Å². The zero-order chi connectivity index (χ0) is 23.5. The summed E-state index contributed by atoms with van der Waals surface area (Å²) in [5.74, 6) is -0.411. The van der Waals surface area contributed by atoms with Crippen molar-refractivity contribution in [2.75, 3.05) is 0 Å². The van der Waals surface area contributed by atoms with Crippen LogP contribution in [0.25, 0.3) is 0 Å². The summed E-state index contributed by atoms with van der Waals surface area (Å²) in [5.41, 5.74) is 0.163. The molecule has 1 unspecified atom stereocenters. The first-order valence-corrected chi connectivity index (χ1v) is 12.3. The van der Waals surface area contributed by atoms with Crippen molar-refractivity contribution in [3.8, 4) is 5.75 Å². The van der Waals surface area contributed by atoms with Gasteiger partial charge in [-0.2, -0.15) is 0 Å². The molecule has 33 heavy (non-hydrogen) atoms. The Morgan fingerprint density at radius 1 is 1.09 bits per heavy atom. The molecule has 4 saturated heterocycles. The number of hydrogen-bond acceptors (Lipinski definition) is 6. The quantitative estimate of drug-likeness (QED) is 0.612. The highest BCUT2D eigenvalue weighted by atomic mass is 17.3. The molecular formula is C26H36O7. The number of aliphatic carboxylic acids is 1. The highest BCUT2D eigenvalue weighted by molar-refractivity contribution is 5.76. The van der Waals surface area contributed by atoms with E-state index in [4.69, 9.17) is 24.0 Å². The number of hydrogen-bond donors (Lipinski definition) is 1. The lowest BCUT2D eigenvalue weighted by Gasteiger charge is -2.60. The molecule has 5 aliphatic rings. The van der Waals surface area contributed by atoms with E-state index in [1.807, 2.05) is 45.0 Å². The fourth-order valence-electron chi connectivity index (χ4n) is 6.71. The minimum Gasteiger partial charge on any atom is -0.481 e. The van der Waals surface area contributed by atoms with Gasteiger partial charge in [0.2, 0.25) is 12.1 Å². The van der Waals surface area contributed by atoms with Gasteiger partial charge in [0.1, 0.15) is 5.75 Å². The zero-order valence-electron chi connectivity index (χ0n) is 20.2. The molecule has 4 heterocycles. The highest BCUT2D eigenvalue weighted by Gasteiger charge is 2.69. The maximum Gasteiger partial charge on any atom is 0.311 e. The van der Waals surface area contributed by atoms with Crippen LogP contribution >= 0.6 is 0 Å². The highest BCUT2D eigenvalue weighted by Crippen LogP contribution is 2.60. The van der Waals surface area contributed by atoms with Crippen LogP contribution in [0.4, 0.5) is 0 Å². The lowest BCUT2D eigenvalue weighted by Crippen LogP contribution is -2.70. The van der Waals surface area contributed by atoms with Crippen LogP contribution < -0.4 is 4.74 Å². The summed E-state index contributed by atoms with van der Waals surface area (Å²) >= 11 is 0. The lowest BCUT2D eigenvalue weighted by molar-refractivity contribution is -0.575. The van der Waals surface area contributed by atoms with Gasteiger partial charge in [0.05, 0.1) is 5.92 Å². The van der Waals surface area contributed by atoms with Crippen LogP contribution in [0.15, 0.2) is 24.3 Å². The maximum absolute atomic E-state index is 11.7. The van der Waals surface area contributed by atoms with E-state index in [0.717, 1.165) is 31.2 Å². The van der Waals surface area contributed by atoms with E-state index >= 15 is 0 Å². The first-order chi connectivity index (χ1) is 15.6. The van der Waals surface area contributed by atoms with Crippen molar-refractivity contribution < 1.29 is 33.9 Å². The second kappa shape index (κ2) is 8.22. The SMILES string of the molecule is CC(C)C(C(=O)O)c1ccc(O[C@H]2O[C@@H]3O[C@@]4(C)CC[C@H]5[C@H](C)CC[C@@H]([C@H]2C)[C@@]35OO4)cc1. The van der Waals surface area contributed by atoms with Crippen LogP contribution in [0.5, 0.6) is 5.75 Å². The van der Waals surface area contributed by atoms with Gasteiger partial charge in [-0.05, 0) is 61.6 Å². The standard InChI is InChI=1S/C26H36O7/c1-14(2)21(22(27)28)17-7-9-18(10-8-17)29-23-16(4)20-11-6-15(3)19-12-13-25(5)31-24(30-23)26(19,20)33-32-25/h7-10,14-16,19-21,23-24H,6,11-13H2,1-5H3,(H,27,28)/t15-,16-,19+,20+,21?,23+,24-,25-,26-/m1/s1. The fourth-order valence-corrected chi connectivity index (χ4v) is 6.71. The minimum atomic E-state index is -0.814. The number of ether oxygens (including phenoxy) is 3. The number of benzene rings is 1. The second-order valence-electron chi connectivity index (χ2n) is 11.0. The molecule has 9 atom stereocenters. The summed E-state index contributed by atoms with van der Waals surface area (Å²) in [6, 6.07) is 7.34. The summed E-state index contributed by atoms with van der Waals surface area (Å²) < 4.78 is 19.2. The smallest absolute Gasteiger partial charge is 0.311 e. The van der Waals surface area contributed by atoms with Crippen molar-refractivity contribution in [1.82, 2.24) is 0 Å².